The molecule has 2 rings (SSSR count). The summed E-state index contributed by atoms with van der Waals surface area (Å²) in [6.45, 7) is 0.413. The lowest BCUT2D eigenvalue weighted by atomic mass is 10.0. The highest BCUT2D eigenvalue weighted by molar-refractivity contribution is 7.91. The number of ketones is 1. The van der Waals surface area contributed by atoms with Crippen molar-refractivity contribution in [2.24, 2.45) is 0 Å². The summed E-state index contributed by atoms with van der Waals surface area (Å²) in [4.78, 5) is 12.0. The molecule has 0 amide bonds. The maximum absolute atomic E-state index is 12.0. The van der Waals surface area contributed by atoms with Crippen molar-refractivity contribution in [1.29, 1.82) is 0 Å². The van der Waals surface area contributed by atoms with Crippen LogP contribution in [0.25, 0.3) is 0 Å². The highest BCUT2D eigenvalue weighted by atomic mass is 35.5. The molecule has 0 spiro atoms. The molecule has 0 aromatic heterocycles. The number of carbonyl (C=O) groups excluding carboxylic acids is 1. The van der Waals surface area contributed by atoms with Crippen LogP contribution in [-0.4, -0.2) is 38.3 Å². The smallest absolute Gasteiger partial charge is 0.164 e. The number of hydrogen-bond donors (Lipinski definition) is 1. The Bertz CT molecular complexity index is 556. The van der Waals surface area contributed by atoms with Crippen molar-refractivity contribution in [2.75, 3.05) is 18.1 Å². The summed E-state index contributed by atoms with van der Waals surface area (Å²) >= 11 is 5.81. The fourth-order valence-electron chi connectivity index (χ4n) is 2.00. The number of hydrogen-bond acceptors (Lipinski definition) is 4. The maximum atomic E-state index is 12.0. The Morgan fingerprint density at radius 2 is 2.22 bits per heavy atom. The molecule has 98 valence electrons. The average molecular weight is 288 g/mol. The second-order valence-electron chi connectivity index (χ2n) is 4.40. The molecule has 0 aliphatic carbocycles. The van der Waals surface area contributed by atoms with Gasteiger partial charge in [0.05, 0.1) is 11.5 Å². The van der Waals surface area contributed by atoms with Crippen LogP contribution in [0.2, 0.25) is 5.02 Å². The molecule has 1 fully saturated rings. The number of nitrogens with one attached hydrogen (secondary N) is 1. The van der Waals surface area contributed by atoms with Crippen LogP contribution in [0.1, 0.15) is 16.8 Å². The lowest BCUT2D eigenvalue weighted by Gasteiger charge is -2.22. The summed E-state index contributed by atoms with van der Waals surface area (Å²) in [6, 6.07) is 6.39. The molecule has 1 N–H and O–H groups in total. The van der Waals surface area contributed by atoms with Crippen LogP contribution in [0.4, 0.5) is 0 Å². The van der Waals surface area contributed by atoms with Crippen molar-refractivity contribution in [3.05, 3.63) is 34.9 Å². The van der Waals surface area contributed by atoms with Gasteiger partial charge in [0.15, 0.2) is 15.6 Å². The zero-order chi connectivity index (χ0) is 13.2. The molecule has 4 nitrogen and oxygen atoms in total. The summed E-state index contributed by atoms with van der Waals surface area (Å²) in [5, 5.41) is 3.56. The van der Waals surface area contributed by atoms with Crippen LogP contribution in [-0.2, 0) is 9.84 Å². The molecule has 0 bridgehead atoms. The first-order chi connectivity index (χ1) is 8.46. The van der Waals surface area contributed by atoms with Crippen LogP contribution in [0, 0.1) is 0 Å². The topological polar surface area (TPSA) is 63.2 Å². The zero-order valence-corrected chi connectivity index (χ0v) is 11.3. The van der Waals surface area contributed by atoms with E-state index in [4.69, 9.17) is 11.6 Å². The van der Waals surface area contributed by atoms with Gasteiger partial charge in [-0.2, -0.15) is 0 Å². The Labute approximate surface area is 111 Å². The van der Waals surface area contributed by atoms with E-state index in [1.807, 2.05) is 0 Å². The zero-order valence-electron chi connectivity index (χ0n) is 9.73. The van der Waals surface area contributed by atoms with Crippen LogP contribution < -0.4 is 5.32 Å². The Morgan fingerprint density at radius 3 is 2.89 bits per heavy atom. The van der Waals surface area contributed by atoms with Crippen LogP contribution in [0.5, 0.6) is 0 Å². The largest absolute Gasteiger partial charge is 0.312 e. The van der Waals surface area contributed by atoms with Crippen molar-refractivity contribution in [3.8, 4) is 0 Å². The van der Waals surface area contributed by atoms with Gasteiger partial charge in [0.1, 0.15) is 0 Å². The molecule has 1 aliphatic rings. The summed E-state index contributed by atoms with van der Waals surface area (Å²) < 4.78 is 22.9. The van der Waals surface area contributed by atoms with Gasteiger partial charge < -0.3 is 5.32 Å². The van der Waals surface area contributed by atoms with Crippen LogP contribution in [0.3, 0.4) is 0 Å². The van der Waals surface area contributed by atoms with Gasteiger partial charge in [0.2, 0.25) is 0 Å². The SMILES string of the molecule is O=C(CC1CS(=O)(=O)CCN1)c1cccc(Cl)c1. The average Bonchev–Trinajstić information content (AvgIpc) is 2.27. The minimum absolute atomic E-state index is 0.0271. The lowest BCUT2D eigenvalue weighted by molar-refractivity contribution is 0.0972. The Kier molecular flexibility index (Phi) is 4.04. The lowest BCUT2D eigenvalue weighted by Crippen LogP contribution is -2.45. The predicted octanol–water partition coefficient (Wildman–Crippen LogP) is 1.30. The van der Waals surface area contributed by atoms with Gasteiger partial charge in [-0.05, 0) is 12.1 Å². The van der Waals surface area contributed by atoms with E-state index in [9.17, 15) is 13.2 Å². The summed E-state index contributed by atoms with van der Waals surface area (Å²) in [5.41, 5.74) is 0.521. The third-order valence-electron chi connectivity index (χ3n) is 2.88. The molecule has 0 saturated carbocycles. The maximum Gasteiger partial charge on any atom is 0.164 e. The number of sulfone groups is 1. The second-order valence-corrected chi connectivity index (χ2v) is 7.07. The van der Waals surface area contributed by atoms with E-state index in [0.717, 1.165) is 0 Å². The van der Waals surface area contributed by atoms with E-state index in [0.29, 0.717) is 17.1 Å². The summed E-state index contributed by atoms with van der Waals surface area (Å²) in [5.74, 6) is 0.0841. The second kappa shape index (κ2) is 5.38. The van der Waals surface area contributed by atoms with Crippen molar-refractivity contribution in [3.63, 3.8) is 0 Å². The van der Waals surface area contributed by atoms with E-state index in [1.54, 1.807) is 24.3 Å². The molecule has 1 atom stereocenters. The third kappa shape index (κ3) is 3.54. The van der Waals surface area contributed by atoms with Gasteiger partial charge in [-0.3, -0.25) is 4.79 Å². The van der Waals surface area contributed by atoms with Gasteiger partial charge in [-0.25, -0.2) is 8.42 Å². The highest BCUT2D eigenvalue weighted by Crippen LogP contribution is 2.14. The third-order valence-corrected chi connectivity index (χ3v) is 4.85. The fourth-order valence-corrected chi connectivity index (χ4v) is 3.64. The molecule has 1 aromatic carbocycles. The quantitative estimate of drug-likeness (QED) is 0.851. The molecule has 1 heterocycles. The van der Waals surface area contributed by atoms with Crippen molar-refractivity contribution in [2.45, 2.75) is 12.5 Å². The summed E-state index contributed by atoms with van der Waals surface area (Å²) in [6.07, 6.45) is 0.180. The van der Waals surface area contributed by atoms with E-state index in [1.165, 1.54) is 0 Å². The molecular weight excluding hydrogens is 274 g/mol. The van der Waals surface area contributed by atoms with E-state index >= 15 is 0 Å². The first-order valence-electron chi connectivity index (χ1n) is 5.69. The number of carbonyl (C=O) groups is 1. The molecular formula is C12H14ClNO3S. The van der Waals surface area contributed by atoms with Gasteiger partial charge in [-0.15, -0.1) is 0 Å². The highest BCUT2D eigenvalue weighted by Gasteiger charge is 2.26. The monoisotopic (exact) mass is 287 g/mol. The molecule has 1 saturated heterocycles. The van der Waals surface area contributed by atoms with Crippen molar-refractivity contribution in [1.82, 2.24) is 5.32 Å². The number of halogens is 1. The Hall–Kier alpha value is -0.910. The predicted molar refractivity (Wildman–Crippen MR) is 70.8 cm³/mol. The number of Topliss-reactive ketones (excluding diaryl/α,β-unsaturated/α-hetero) is 1. The minimum atomic E-state index is -3.01. The van der Waals surface area contributed by atoms with E-state index in [2.05, 4.69) is 5.32 Å². The molecule has 18 heavy (non-hydrogen) atoms. The van der Waals surface area contributed by atoms with Crippen molar-refractivity contribution < 1.29 is 13.2 Å². The standard InChI is InChI=1S/C12H14ClNO3S/c13-10-3-1-2-9(6-10)12(15)7-11-8-18(16,17)5-4-14-11/h1-3,6,11,14H,4-5,7-8H2. The van der Waals surface area contributed by atoms with E-state index < -0.39 is 9.84 Å². The normalized spacial score (nSPS) is 22.6. The van der Waals surface area contributed by atoms with E-state index in [-0.39, 0.29) is 29.8 Å². The summed E-state index contributed by atoms with van der Waals surface area (Å²) in [7, 11) is -3.01. The molecule has 1 aliphatic heterocycles. The first-order valence-corrected chi connectivity index (χ1v) is 7.89. The molecule has 0 radical (unpaired) electrons. The molecule has 6 heteroatoms. The van der Waals surface area contributed by atoms with Gasteiger partial charge in [0.25, 0.3) is 0 Å². The van der Waals surface area contributed by atoms with Gasteiger partial charge >= 0.3 is 0 Å². The Morgan fingerprint density at radius 1 is 1.44 bits per heavy atom. The van der Waals surface area contributed by atoms with Crippen LogP contribution in [0.15, 0.2) is 24.3 Å². The molecule has 1 unspecified atom stereocenters. The van der Waals surface area contributed by atoms with Gasteiger partial charge in [-0.1, -0.05) is 23.7 Å². The van der Waals surface area contributed by atoms with Crippen LogP contribution >= 0.6 is 11.6 Å². The first kappa shape index (κ1) is 13.5. The minimum Gasteiger partial charge on any atom is -0.312 e. The number of rotatable bonds is 3. The Balaban J connectivity index is 2.03. The number of benzene rings is 1. The fraction of sp³-hybridized carbons (Fsp3) is 0.417. The van der Waals surface area contributed by atoms with Gasteiger partial charge in [0, 0.05) is 29.6 Å². The van der Waals surface area contributed by atoms with Crippen molar-refractivity contribution >= 4 is 27.2 Å². The molecule has 1 aromatic rings.